The third-order valence-electron chi connectivity index (χ3n) is 2.08. The van der Waals surface area contributed by atoms with Crippen LogP contribution >= 0.6 is 19.2 Å². The number of aliphatic hydroxyl groups excluding tert-OH is 1. The minimum Gasteiger partial charge on any atom is -0.465 e. The number of esters is 1. The van der Waals surface area contributed by atoms with Gasteiger partial charge in [0.2, 0.25) is 5.97 Å². The zero-order valence-corrected chi connectivity index (χ0v) is 12.7. The molecule has 0 aliphatic carbocycles. The highest BCUT2D eigenvalue weighted by molar-refractivity contribution is 7.53. The van der Waals surface area contributed by atoms with Gasteiger partial charge in [-0.25, -0.2) is 0 Å². The van der Waals surface area contributed by atoms with E-state index in [-0.39, 0.29) is 12.4 Å². The molecule has 0 fully saturated rings. The van der Waals surface area contributed by atoms with Gasteiger partial charge in [-0.2, -0.15) is 0 Å². The first-order valence-electron chi connectivity index (χ1n) is 5.86. The van der Waals surface area contributed by atoms with Gasteiger partial charge in [0.05, 0.1) is 13.2 Å². The fourth-order valence-corrected chi connectivity index (χ4v) is 1.93. The average molecular weight is 340 g/mol. The van der Waals surface area contributed by atoms with Crippen molar-refractivity contribution in [3.05, 3.63) is 29.3 Å². The number of carbonyl (C=O) groups excluding carboxylic acids is 1. The second kappa shape index (κ2) is 8.33. The van der Waals surface area contributed by atoms with Gasteiger partial charge in [-0.05, 0) is 19.1 Å². The summed E-state index contributed by atoms with van der Waals surface area (Å²) in [5.74, 6) is -2.62. The van der Waals surface area contributed by atoms with Crippen molar-refractivity contribution in [2.45, 2.75) is 12.9 Å². The number of benzene rings is 1. The molecule has 3 N–H and O–H groups in total. The zero-order valence-electron chi connectivity index (χ0n) is 11.1. The Morgan fingerprint density at radius 2 is 2.24 bits per heavy atom. The van der Waals surface area contributed by atoms with Crippen LogP contribution in [0.2, 0.25) is 5.02 Å². The summed E-state index contributed by atoms with van der Waals surface area (Å²) in [5.41, 5.74) is 0. The number of carbonyl (C=O) groups is 1. The fourth-order valence-electron chi connectivity index (χ4n) is 1.16. The van der Waals surface area contributed by atoms with Gasteiger partial charge in [-0.1, -0.05) is 22.3 Å². The van der Waals surface area contributed by atoms with Gasteiger partial charge in [0.15, 0.2) is 5.75 Å². The minimum atomic E-state index is -4.57. The Balaban J connectivity index is 2.48. The second-order valence-corrected chi connectivity index (χ2v) is 5.94. The zero-order chi connectivity index (χ0) is 15.9. The number of nitrogens with one attached hydrogen (secondary N) is 1. The summed E-state index contributed by atoms with van der Waals surface area (Å²) >= 11 is 5.69. The van der Waals surface area contributed by atoms with E-state index in [1.54, 1.807) is 19.1 Å². The number of aliphatic hydroxyl groups is 1. The van der Waals surface area contributed by atoms with Gasteiger partial charge >= 0.3 is 13.6 Å². The number of halogens is 1. The Labute approximate surface area is 126 Å². The highest BCUT2D eigenvalue weighted by Crippen LogP contribution is 2.45. The van der Waals surface area contributed by atoms with E-state index >= 15 is 0 Å². The number of hydrogen-bond donors (Lipinski definition) is 3. The SMILES string of the molecule is CCOC(=O)CNC(O)P(=O)(O)OOc1cccc(Cl)c1. The average Bonchev–Trinajstić information content (AvgIpc) is 2.43. The van der Waals surface area contributed by atoms with Crippen molar-refractivity contribution >= 4 is 25.2 Å². The molecule has 0 aliphatic rings. The maximum atomic E-state index is 11.7. The Morgan fingerprint density at radius 3 is 2.86 bits per heavy atom. The van der Waals surface area contributed by atoms with Crippen LogP contribution in [0, 0.1) is 0 Å². The van der Waals surface area contributed by atoms with Crippen molar-refractivity contribution in [3.8, 4) is 5.75 Å². The van der Waals surface area contributed by atoms with Gasteiger partial charge in [-0.3, -0.25) is 14.7 Å². The molecule has 0 saturated heterocycles. The lowest BCUT2D eigenvalue weighted by atomic mass is 10.3. The van der Waals surface area contributed by atoms with Crippen LogP contribution in [0.5, 0.6) is 5.75 Å². The lowest BCUT2D eigenvalue weighted by molar-refractivity contribution is -0.142. The molecular formula is C11H15ClNO7P. The molecule has 118 valence electrons. The highest BCUT2D eigenvalue weighted by atomic mass is 35.5. The van der Waals surface area contributed by atoms with Gasteiger partial charge < -0.3 is 19.6 Å². The molecule has 1 aromatic rings. The summed E-state index contributed by atoms with van der Waals surface area (Å²) in [6.45, 7) is 1.30. The number of hydrogen-bond acceptors (Lipinski definition) is 7. The van der Waals surface area contributed by atoms with E-state index in [0.717, 1.165) is 0 Å². The summed E-state index contributed by atoms with van der Waals surface area (Å²) in [6, 6.07) is 5.89. The molecule has 0 aromatic heterocycles. The molecule has 0 spiro atoms. The third-order valence-corrected chi connectivity index (χ3v) is 3.40. The number of rotatable bonds is 8. The minimum absolute atomic E-state index is 0.0781. The van der Waals surface area contributed by atoms with Crippen LogP contribution in [-0.2, 0) is 18.8 Å². The predicted octanol–water partition coefficient (Wildman–Crippen LogP) is 1.26. The molecule has 0 radical (unpaired) electrons. The van der Waals surface area contributed by atoms with Crippen molar-refractivity contribution in [2.75, 3.05) is 13.2 Å². The molecule has 10 heteroatoms. The molecule has 0 saturated carbocycles. The summed E-state index contributed by atoms with van der Waals surface area (Å²) < 4.78 is 20.5. The van der Waals surface area contributed by atoms with Gasteiger partial charge in [0.1, 0.15) is 0 Å². The van der Waals surface area contributed by atoms with E-state index in [9.17, 15) is 19.4 Å². The predicted molar refractivity (Wildman–Crippen MR) is 73.6 cm³/mol. The lowest BCUT2D eigenvalue weighted by Crippen LogP contribution is -2.34. The van der Waals surface area contributed by atoms with Crippen LogP contribution < -0.4 is 10.2 Å². The third kappa shape index (κ3) is 6.43. The largest absolute Gasteiger partial charge is 0.465 e. The quantitative estimate of drug-likeness (QED) is 0.213. The molecule has 8 nitrogen and oxygen atoms in total. The van der Waals surface area contributed by atoms with Crippen molar-refractivity contribution in [1.82, 2.24) is 5.32 Å². The van der Waals surface area contributed by atoms with Gasteiger partial charge in [0.25, 0.3) is 0 Å². The molecular weight excluding hydrogens is 325 g/mol. The standard InChI is InChI=1S/C11H15ClNO7P/c1-2-18-10(14)7-13-11(15)21(16,17)20-19-9-5-3-4-8(12)6-9/h3-6,11,13,15H,2,7H2,1H3,(H,16,17). The normalized spacial score (nSPS) is 15.0. The molecule has 0 heterocycles. The second-order valence-electron chi connectivity index (χ2n) is 3.74. The Morgan fingerprint density at radius 1 is 1.52 bits per heavy atom. The van der Waals surface area contributed by atoms with Gasteiger partial charge in [-0.15, -0.1) is 0 Å². The first-order chi connectivity index (χ1) is 9.85. The van der Waals surface area contributed by atoms with Crippen LogP contribution in [-0.4, -0.2) is 35.1 Å². The molecule has 0 aliphatic heterocycles. The first kappa shape index (κ1) is 17.9. The van der Waals surface area contributed by atoms with E-state index in [4.69, 9.17) is 11.6 Å². The maximum Gasteiger partial charge on any atom is 0.408 e. The summed E-state index contributed by atoms with van der Waals surface area (Å²) in [5, 5.41) is 11.9. The first-order valence-corrected chi connectivity index (χ1v) is 7.89. The Kier molecular flexibility index (Phi) is 7.10. The van der Waals surface area contributed by atoms with Crippen molar-refractivity contribution in [1.29, 1.82) is 0 Å². The van der Waals surface area contributed by atoms with Crippen LogP contribution in [0.4, 0.5) is 0 Å². The topological polar surface area (TPSA) is 114 Å². The highest BCUT2D eigenvalue weighted by Gasteiger charge is 2.33. The van der Waals surface area contributed by atoms with Crippen LogP contribution in [0.1, 0.15) is 6.92 Å². The van der Waals surface area contributed by atoms with Crippen LogP contribution in [0.3, 0.4) is 0 Å². The maximum absolute atomic E-state index is 11.7. The Bertz CT molecular complexity index is 527. The molecule has 2 atom stereocenters. The van der Waals surface area contributed by atoms with E-state index in [2.05, 4.69) is 19.6 Å². The molecule has 1 aromatic carbocycles. The number of ether oxygens (including phenoxy) is 1. The van der Waals surface area contributed by atoms with E-state index in [1.165, 1.54) is 12.1 Å². The smallest absolute Gasteiger partial charge is 0.408 e. The van der Waals surface area contributed by atoms with Crippen molar-refractivity contribution in [3.63, 3.8) is 0 Å². The Hall–Kier alpha value is -1.15. The molecule has 21 heavy (non-hydrogen) atoms. The van der Waals surface area contributed by atoms with Crippen molar-refractivity contribution in [2.24, 2.45) is 0 Å². The van der Waals surface area contributed by atoms with Crippen LogP contribution in [0.15, 0.2) is 24.3 Å². The fraction of sp³-hybridized carbons (Fsp3) is 0.364. The molecule has 0 bridgehead atoms. The monoisotopic (exact) mass is 339 g/mol. The van der Waals surface area contributed by atoms with E-state index < -0.39 is 26.1 Å². The lowest BCUT2D eigenvalue weighted by Gasteiger charge is -2.17. The van der Waals surface area contributed by atoms with E-state index in [1.807, 2.05) is 0 Å². The summed E-state index contributed by atoms with van der Waals surface area (Å²) in [7, 11) is -4.57. The molecule has 1 rings (SSSR count). The van der Waals surface area contributed by atoms with E-state index in [0.29, 0.717) is 5.02 Å². The van der Waals surface area contributed by atoms with Crippen LogP contribution in [0.25, 0.3) is 0 Å². The van der Waals surface area contributed by atoms with Crippen molar-refractivity contribution < 1.29 is 33.7 Å². The molecule has 2 unspecified atom stereocenters. The summed E-state index contributed by atoms with van der Waals surface area (Å²) in [4.78, 5) is 25.1. The molecule has 0 amide bonds. The van der Waals surface area contributed by atoms with Gasteiger partial charge in [0, 0.05) is 11.1 Å². The summed E-state index contributed by atoms with van der Waals surface area (Å²) in [6.07, 6.45) is 0.